The molecule has 0 fully saturated rings. The molecule has 9 nitrogen and oxygen atoms in total. The monoisotopic (exact) mass is 413 g/mol. The highest BCUT2D eigenvalue weighted by Gasteiger charge is 2.29. The summed E-state index contributed by atoms with van der Waals surface area (Å²) in [6.07, 6.45) is 1.43. The van der Waals surface area contributed by atoms with Gasteiger partial charge in [-0.25, -0.2) is 4.79 Å². The van der Waals surface area contributed by atoms with E-state index in [0.717, 1.165) is 0 Å². The van der Waals surface area contributed by atoms with Crippen LogP contribution in [0.15, 0.2) is 4.42 Å². The molecule has 0 aliphatic heterocycles. The van der Waals surface area contributed by atoms with Gasteiger partial charge in [0.2, 0.25) is 11.8 Å². The summed E-state index contributed by atoms with van der Waals surface area (Å²) in [4.78, 5) is 48.3. The van der Waals surface area contributed by atoms with E-state index in [4.69, 9.17) is 14.9 Å². The van der Waals surface area contributed by atoms with Crippen molar-refractivity contribution < 1.29 is 28.3 Å². The number of primary amides is 1. The minimum absolute atomic E-state index is 0.0172. The van der Waals surface area contributed by atoms with Crippen molar-refractivity contribution in [1.29, 1.82) is 0 Å². The standard InChI is InChI=1S/C18H27N3O6S/c1-9(22)12-10(2)26-16(13(12)14(19)23)21-15(24)11(7-8-28-6)20-17(25)27-18(3,4)5/h11H,7-8H2,1-6H3,(H2,19,23)(H,20,25)(H,21,24). The third-order valence-corrected chi connectivity index (χ3v) is 4.18. The molecule has 1 unspecified atom stereocenters. The number of hydrogen-bond acceptors (Lipinski definition) is 7. The first-order valence-corrected chi connectivity index (χ1v) is 10.00. The van der Waals surface area contributed by atoms with E-state index < -0.39 is 35.3 Å². The molecule has 1 aromatic heterocycles. The molecule has 28 heavy (non-hydrogen) atoms. The summed E-state index contributed by atoms with van der Waals surface area (Å²) in [5, 5.41) is 4.96. The molecular weight excluding hydrogens is 386 g/mol. The Bertz CT molecular complexity index is 766. The van der Waals surface area contributed by atoms with Crippen molar-refractivity contribution in [2.75, 3.05) is 17.3 Å². The molecule has 3 amide bonds. The van der Waals surface area contributed by atoms with Crippen molar-refractivity contribution >= 4 is 41.3 Å². The Morgan fingerprint density at radius 2 is 1.82 bits per heavy atom. The molecule has 0 saturated heterocycles. The summed E-state index contributed by atoms with van der Waals surface area (Å²) in [6, 6.07) is -0.936. The number of alkyl carbamates (subject to hydrolysis) is 1. The fourth-order valence-corrected chi connectivity index (χ4v) is 2.92. The Balaban J connectivity index is 3.08. The van der Waals surface area contributed by atoms with Crippen LogP contribution >= 0.6 is 11.8 Å². The van der Waals surface area contributed by atoms with Gasteiger partial charge in [0, 0.05) is 0 Å². The molecule has 1 rings (SSSR count). The molecule has 0 bridgehead atoms. The van der Waals surface area contributed by atoms with E-state index >= 15 is 0 Å². The lowest BCUT2D eigenvalue weighted by Crippen LogP contribution is -2.46. The Hall–Kier alpha value is -2.49. The van der Waals surface area contributed by atoms with Gasteiger partial charge in [0.05, 0.1) is 5.56 Å². The van der Waals surface area contributed by atoms with Gasteiger partial charge in [-0.15, -0.1) is 0 Å². The molecule has 0 aliphatic carbocycles. The zero-order valence-corrected chi connectivity index (χ0v) is 17.7. The number of thioether (sulfide) groups is 1. The zero-order valence-electron chi connectivity index (χ0n) is 16.9. The predicted octanol–water partition coefficient (Wildman–Crippen LogP) is 2.47. The number of aryl methyl sites for hydroxylation is 1. The minimum Gasteiger partial charge on any atom is -0.444 e. The SMILES string of the molecule is CSCCC(NC(=O)OC(C)(C)C)C(=O)Nc1oc(C)c(C(C)=O)c1C(N)=O. The molecule has 0 saturated carbocycles. The summed E-state index contributed by atoms with van der Waals surface area (Å²) in [5.41, 5.74) is 4.45. The Kier molecular flexibility index (Phi) is 8.10. The van der Waals surface area contributed by atoms with E-state index in [1.807, 2.05) is 6.26 Å². The van der Waals surface area contributed by atoms with Gasteiger partial charge in [-0.05, 0) is 53.0 Å². The van der Waals surface area contributed by atoms with Gasteiger partial charge in [0.1, 0.15) is 23.0 Å². The largest absolute Gasteiger partial charge is 0.444 e. The highest BCUT2D eigenvalue weighted by atomic mass is 32.2. The average molecular weight is 413 g/mol. The van der Waals surface area contributed by atoms with Crippen molar-refractivity contribution in [3.8, 4) is 0 Å². The van der Waals surface area contributed by atoms with Crippen LogP contribution in [-0.4, -0.2) is 47.3 Å². The lowest BCUT2D eigenvalue weighted by atomic mass is 10.1. The molecule has 156 valence electrons. The number of ketones is 1. The zero-order chi connectivity index (χ0) is 21.6. The maximum absolute atomic E-state index is 12.7. The first-order chi connectivity index (χ1) is 12.9. The third kappa shape index (κ3) is 6.59. The minimum atomic E-state index is -0.936. The molecule has 4 N–H and O–H groups in total. The number of rotatable bonds is 8. The van der Waals surface area contributed by atoms with Crippen molar-refractivity contribution in [1.82, 2.24) is 5.32 Å². The maximum atomic E-state index is 12.7. The van der Waals surface area contributed by atoms with Crippen molar-refractivity contribution in [2.24, 2.45) is 5.73 Å². The smallest absolute Gasteiger partial charge is 0.408 e. The van der Waals surface area contributed by atoms with Crippen LogP contribution in [0.2, 0.25) is 0 Å². The molecule has 1 atom stereocenters. The van der Waals surface area contributed by atoms with Gasteiger partial charge in [0.15, 0.2) is 5.78 Å². The second-order valence-electron chi connectivity index (χ2n) is 7.13. The Morgan fingerprint density at radius 1 is 1.21 bits per heavy atom. The number of Topliss-reactive ketones (excluding diaryl/α,β-unsaturated/α-hetero) is 1. The maximum Gasteiger partial charge on any atom is 0.408 e. The highest BCUT2D eigenvalue weighted by Crippen LogP contribution is 2.27. The van der Waals surface area contributed by atoms with Crippen LogP contribution in [0.1, 0.15) is 60.6 Å². The molecule has 0 spiro atoms. The fourth-order valence-electron chi connectivity index (χ4n) is 2.45. The summed E-state index contributed by atoms with van der Waals surface area (Å²) >= 11 is 1.50. The van der Waals surface area contributed by atoms with Crippen LogP contribution in [0.25, 0.3) is 0 Å². The number of nitrogens with two attached hydrogens (primary N) is 1. The molecule has 1 heterocycles. The van der Waals surface area contributed by atoms with Gasteiger partial charge in [-0.2, -0.15) is 11.8 Å². The Labute approximate surface area is 168 Å². The van der Waals surface area contributed by atoms with Crippen molar-refractivity contribution in [3.63, 3.8) is 0 Å². The van der Waals surface area contributed by atoms with Crippen LogP contribution in [-0.2, 0) is 9.53 Å². The number of ether oxygens (including phenoxy) is 1. The van der Waals surface area contributed by atoms with E-state index in [1.165, 1.54) is 25.6 Å². The summed E-state index contributed by atoms with van der Waals surface area (Å²) in [7, 11) is 0. The summed E-state index contributed by atoms with van der Waals surface area (Å²) < 4.78 is 10.6. The second-order valence-corrected chi connectivity index (χ2v) is 8.11. The second kappa shape index (κ2) is 9.63. The number of nitrogens with one attached hydrogen (secondary N) is 2. The van der Waals surface area contributed by atoms with Crippen LogP contribution in [0, 0.1) is 6.92 Å². The molecule has 0 aliphatic rings. The van der Waals surface area contributed by atoms with Crippen LogP contribution in [0.3, 0.4) is 0 Å². The van der Waals surface area contributed by atoms with Gasteiger partial charge in [-0.3, -0.25) is 19.7 Å². The fraction of sp³-hybridized carbons (Fsp3) is 0.556. The van der Waals surface area contributed by atoms with Crippen LogP contribution < -0.4 is 16.4 Å². The quantitative estimate of drug-likeness (QED) is 0.556. The predicted molar refractivity (Wildman–Crippen MR) is 107 cm³/mol. The molecule has 0 aromatic carbocycles. The van der Waals surface area contributed by atoms with Crippen molar-refractivity contribution in [3.05, 3.63) is 16.9 Å². The van der Waals surface area contributed by atoms with E-state index in [0.29, 0.717) is 12.2 Å². The lowest BCUT2D eigenvalue weighted by Gasteiger charge is -2.23. The van der Waals surface area contributed by atoms with E-state index in [-0.39, 0.29) is 22.8 Å². The van der Waals surface area contributed by atoms with Crippen LogP contribution in [0.5, 0.6) is 0 Å². The topological polar surface area (TPSA) is 141 Å². The van der Waals surface area contributed by atoms with Crippen molar-refractivity contribution in [2.45, 2.75) is 52.7 Å². The molecule has 0 radical (unpaired) electrons. The van der Waals surface area contributed by atoms with E-state index in [9.17, 15) is 19.2 Å². The Morgan fingerprint density at radius 3 is 2.29 bits per heavy atom. The number of amides is 3. The number of anilines is 1. The van der Waals surface area contributed by atoms with Crippen LogP contribution in [0.4, 0.5) is 10.7 Å². The van der Waals surface area contributed by atoms with E-state index in [2.05, 4.69) is 10.6 Å². The van der Waals surface area contributed by atoms with Gasteiger partial charge in [0.25, 0.3) is 5.91 Å². The summed E-state index contributed by atoms with van der Waals surface area (Å²) in [6.45, 7) is 7.87. The third-order valence-electron chi connectivity index (χ3n) is 3.54. The van der Waals surface area contributed by atoms with Gasteiger partial charge in [-0.1, -0.05) is 0 Å². The molecular formula is C18H27N3O6S. The number of hydrogen-bond donors (Lipinski definition) is 3. The number of carbonyl (C=O) groups excluding carboxylic acids is 4. The normalized spacial score (nSPS) is 12.2. The number of carbonyl (C=O) groups is 4. The van der Waals surface area contributed by atoms with Gasteiger partial charge < -0.3 is 20.2 Å². The first kappa shape index (κ1) is 23.5. The van der Waals surface area contributed by atoms with Gasteiger partial charge >= 0.3 is 6.09 Å². The molecule has 1 aromatic rings. The average Bonchev–Trinajstić information content (AvgIpc) is 2.85. The number of furan rings is 1. The lowest BCUT2D eigenvalue weighted by molar-refractivity contribution is -0.118. The van der Waals surface area contributed by atoms with E-state index in [1.54, 1.807) is 20.8 Å². The first-order valence-electron chi connectivity index (χ1n) is 8.60. The summed E-state index contributed by atoms with van der Waals surface area (Å²) in [5.74, 6) is -1.41. The highest BCUT2D eigenvalue weighted by molar-refractivity contribution is 7.98. The molecule has 10 heteroatoms.